The molecule has 0 spiro atoms. The monoisotopic (exact) mass is 256 g/mol. The van der Waals surface area contributed by atoms with Gasteiger partial charge in [0.15, 0.2) is 0 Å². The van der Waals surface area contributed by atoms with Crippen LogP contribution in [0.1, 0.15) is 12.8 Å². The van der Waals surface area contributed by atoms with E-state index in [1.165, 1.54) is 0 Å². The van der Waals surface area contributed by atoms with Crippen LogP contribution >= 0.6 is 11.6 Å². The van der Waals surface area contributed by atoms with Gasteiger partial charge in [-0.1, -0.05) is 0 Å². The first-order valence-electron chi connectivity index (χ1n) is 5.35. The van der Waals surface area contributed by atoms with Crippen molar-refractivity contribution in [3.63, 3.8) is 0 Å². The summed E-state index contributed by atoms with van der Waals surface area (Å²) in [7, 11) is 0. The van der Waals surface area contributed by atoms with Crippen LogP contribution in [0, 0.1) is 0 Å². The van der Waals surface area contributed by atoms with Gasteiger partial charge in [0.25, 0.3) is 0 Å². The number of carbonyl (C=O) groups is 1. The molecule has 92 valence electrons. The van der Waals surface area contributed by atoms with E-state index in [1.807, 2.05) is 0 Å². The number of hydrogen-bond acceptors (Lipinski definition) is 5. The van der Waals surface area contributed by atoms with E-state index in [0.29, 0.717) is 0 Å². The van der Waals surface area contributed by atoms with Crippen molar-refractivity contribution in [1.29, 1.82) is 0 Å². The quantitative estimate of drug-likeness (QED) is 0.804. The molecule has 1 fully saturated rings. The van der Waals surface area contributed by atoms with Crippen molar-refractivity contribution >= 4 is 23.5 Å². The highest BCUT2D eigenvalue weighted by Crippen LogP contribution is 2.20. The molecule has 0 aromatic carbocycles. The van der Waals surface area contributed by atoms with Crippen LogP contribution in [0.2, 0.25) is 5.28 Å². The van der Waals surface area contributed by atoms with Crippen LogP contribution in [-0.4, -0.2) is 35.3 Å². The Morgan fingerprint density at radius 2 is 2.24 bits per heavy atom. The summed E-state index contributed by atoms with van der Waals surface area (Å²) in [5, 5.41) is 0.234. The average molecular weight is 257 g/mol. The molecule has 0 unspecified atom stereocenters. The standard InChI is InChI=1S/C10H13ClN4O2/c11-9-13-4-1-8(14-9)15-5-2-7(3-6-15)17-10(12)16/h1,4,7H,2-3,5-6H2,(H2,12,16). The Labute approximate surface area is 104 Å². The van der Waals surface area contributed by atoms with Crippen molar-refractivity contribution < 1.29 is 9.53 Å². The molecule has 0 bridgehead atoms. The second-order valence-electron chi connectivity index (χ2n) is 3.81. The maximum Gasteiger partial charge on any atom is 0.404 e. The minimum absolute atomic E-state index is 0.0962. The molecule has 0 atom stereocenters. The molecule has 2 rings (SSSR count). The molecule has 2 N–H and O–H groups in total. The Morgan fingerprint density at radius 1 is 1.53 bits per heavy atom. The molecule has 6 nitrogen and oxygen atoms in total. The van der Waals surface area contributed by atoms with Gasteiger partial charge >= 0.3 is 6.09 Å². The Kier molecular flexibility index (Phi) is 3.63. The highest BCUT2D eigenvalue weighted by Gasteiger charge is 2.22. The molecule has 1 aliphatic rings. The molecule has 0 radical (unpaired) electrons. The summed E-state index contributed by atoms with van der Waals surface area (Å²) < 4.78 is 4.95. The topological polar surface area (TPSA) is 81.3 Å². The van der Waals surface area contributed by atoms with Gasteiger partial charge in [0.05, 0.1) is 0 Å². The largest absolute Gasteiger partial charge is 0.446 e. The Hall–Kier alpha value is -1.56. The summed E-state index contributed by atoms with van der Waals surface area (Å²) in [5.74, 6) is 0.794. The smallest absolute Gasteiger partial charge is 0.404 e. The summed E-state index contributed by atoms with van der Waals surface area (Å²) in [6.07, 6.45) is 2.29. The van der Waals surface area contributed by atoms with Crippen LogP contribution < -0.4 is 10.6 Å². The molecular formula is C10H13ClN4O2. The van der Waals surface area contributed by atoms with Crippen molar-refractivity contribution in [3.8, 4) is 0 Å². The number of carbonyl (C=O) groups excluding carboxylic acids is 1. The van der Waals surface area contributed by atoms with Crippen molar-refractivity contribution in [2.45, 2.75) is 18.9 Å². The lowest BCUT2D eigenvalue weighted by Gasteiger charge is -2.31. The van der Waals surface area contributed by atoms with E-state index in [9.17, 15) is 4.79 Å². The lowest BCUT2D eigenvalue weighted by atomic mass is 10.1. The van der Waals surface area contributed by atoms with Crippen LogP contribution in [0.5, 0.6) is 0 Å². The van der Waals surface area contributed by atoms with Crippen molar-refractivity contribution in [2.75, 3.05) is 18.0 Å². The number of anilines is 1. The third-order valence-electron chi connectivity index (χ3n) is 2.66. The van der Waals surface area contributed by atoms with Crippen LogP contribution in [0.4, 0.5) is 10.6 Å². The minimum Gasteiger partial charge on any atom is -0.446 e. The third kappa shape index (κ3) is 3.20. The molecular weight excluding hydrogens is 244 g/mol. The fourth-order valence-corrected chi connectivity index (χ4v) is 2.01. The van der Waals surface area contributed by atoms with E-state index in [-0.39, 0.29) is 11.4 Å². The number of nitrogens with two attached hydrogens (primary N) is 1. The molecule has 0 aliphatic carbocycles. The lowest BCUT2D eigenvalue weighted by molar-refractivity contribution is 0.0911. The number of halogens is 1. The SMILES string of the molecule is NC(=O)OC1CCN(c2ccnc(Cl)n2)CC1. The highest BCUT2D eigenvalue weighted by atomic mass is 35.5. The number of rotatable bonds is 2. The van der Waals surface area contributed by atoms with E-state index in [0.717, 1.165) is 31.7 Å². The van der Waals surface area contributed by atoms with Gasteiger partial charge in [-0.25, -0.2) is 14.8 Å². The van der Waals surface area contributed by atoms with Gasteiger partial charge in [0.2, 0.25) is 5.28 Å². The average Bonchev–Trinajstić information content (AvgIpc) is 2.29. The zero-order chi connectivity index (χ0) is 12.3. The van der Waals surface area contributed by atoms with Gasteiger partial charge in [-0.2, -0.15) is 0 Å². The van der Waals surface area contributed by atoms with Crippen LogP contribution in [-0.2, 0) is 4.74 Å². The first-order chi connectivity index (χ1) is 8.15. The Bertz CT molecular complexity index is 407. The van der Waals surface area contributed by atoms with Gasteiger partial charge in [-0.05, 0) is 17.7 Å². The maximum absolute atomic E-state index is 10.6. The van der Waals surface area contributed by atoms with E-state index in [2.05, 4.69) is 14.9 Å². The van der Waals surface area contributed by atoms with Crippen LogP contribution in [0.3, 0.4) is 0 Å². The van der Waals surface area contributed by atoms with Gasteiger partial charge in [0.1, 0.15) is 11.9 Å². The fourth-order valence-electron chi connectivity index (χ4n) is 1.87. The molecule has 17 heavy (non-hydrogen) atoms. The van der Waals surface area contributed by atoms with Crippen molar-refractivity contribution in [1.82, 2.24) is 9.97 Å². The highest BCUT2D eigenvalue weighted by molar-refractivity contribution is 6.28. The van der Waals surface area contributed by atoms with E-state index >= 15 is 0 Å². The first kappa shape index (κ1) is 11.9. The number of amides is 1. The minimum atomic E-state index is -0.714. The van der Waals surface area contributed by atoms with Gasteiger partial charge in [0, 0.05) is 32.1 Å². The van der Waals surface area contributed by atoms with Gasteiger partial charge in [-0.3, -0.25) is 0 Å². The molecule has 1 aromatic heterocycles. The molecule has 1 amide bonds. The zero-order valence-corrected chi connectivity index (χ0v) is 9.93. The lowest BCUT2D eigenvalue weighted by Crippen LogP contribution is -2.39. The number of primary amides is 1. The number of ether oxygens (including phenoxy) is 1. The second kappa shape index (κ2) is 5.18. The third-order valence-corrected chi connectivity index (χ3v) is 2.84. The Balaban J connectivity index is 1.93. The fraction of sp³-hybridized carbons (Fsp3) is 0.500. The van der Waals surface area contributed by atoms with Crippen LogP contribution in [0.15, 0.2) is 12.3 Å². The van der Waals surface area contributed by atoms with E-state index in [4.69, 9.17) is 22.1 Å². The summed E-state index contributed by atoms with van der Waals surface area (Å²) in [6.45, 7) is 1.51. The molecule has 7 heteroatoms. The van der Waals surface area contributed by atoms with Gasteiger partial charge < -0.3 is 15.4 Å². The van der Waals surface area contributed by atoms with Crippen molar-refractivity contribution in [2.24, 2.45) is 5.73 Å². The van der Waals surface area contributed by atoms with Crippen LogP contribution in [0.25, 0.3) is 0 Å². The maximum atomic E-state index is 10.6. The summed E-state index contributed by atoms with van der Waals surface area (Å²) in [6, 6.07) is 1.81. The molecule has 1 saturated heterocycles. The first-order valence-corrected chi connectivity index (χ1v) is 5.72. The predicted molar refractivity (Wildman–Crippen MR) is 62.9 cm³/mol. The Morgan fingerprint density at radius 3 is 2.82 bits per heavy atom. The molecule has 2 heterocycles. The number of aromatic nitrogens is 2. The summed E-state index contributed by atoms with van der Waals surface area (Å²) >= 11 is 5.73. The second-order valence-corrected chi connectivity index (χ2v) is 4.15. The van der Waals surface area contributed by atoms with E-state index < -0.39 is 6.09 Å². The molecule has 1 aliphatic heterocycles. The predicted octanol–water partition coefficient (Wildman–Crippen LogP) is 1.19. The number of piperidine rings is 1. The number of hydrogen-bond donors (Lipinski definition) is 1. The summed E-state index contributed by atoms with van der Waals surface area (Å²) in [4.78, 5) is 20.7. The number of nitrogens with zero attached hydrogens (tertiary/aromatic N) is 3. The summed E-state index contributed by atoms with van der Waals surface area (Å²) in [5.41, 5.74) is 4.98. The molecule has 0 saturated carbocycles. The normalized spacial score (nSPS) is 16.9. The van der Waals surface area contributed by atoms with E-state index in [1.54, 1.807) is 12.3 Å². The zero-order valence-electron chi connectivity index (χ0n) is 9.17. The molecule has 1 aromatic rings. The van der Waals surface area contributed by atoms with Crippen molar-refractivity contribution in [3.05, 3.63) is 17.5 Å². The van der Waals surface area contributed by atoms with Gasteiger partial charge in [-0.15, -0.1) is 0 Å².